The number of carbonyl (C=O) groups is 1. The number of ether oxygens (including phenoxy) is 1. The summed E-state index contributed by atoms with van der Waals surface area (Å²) in [5.41, 5.74) is 0.959. The second-order valence-corrected chi connectivity index (χ2v) is 6.35. The third-order valence-electron chi connectivity index (χ3n) is 3.91. The first-order chi connectivity index (χ1) is 9.69. The lowest BCUT2D eigenvalue weighted by Gasteiger charge is -2.32. The van der Waals surface area contributed by atoms with Gasteiger partial charge in [-0.3, -0.25) is 4.79 Å². The molecule has 1 aliphatic rings. The first-order valence-corrected chi connectivity index (χ1v) is 8.33. The van der Waals surface area contributed by atoms with Gasteiger partial charge in [0.15, 0.2) is 11.4 Å². The van der Waals surface area contributed by atoms with Crippen molar-refractivity contribution in [1.82, 2.24) is 4.98 Å². The Morgan fingerprint density at radius 1 is 1.55 bits per heavy atom. The van der Waals surface area contributed by atoms with Crippen LogP contribution >= 0.6 is 11.3 Å². The molecule has 1 aromatic rings. The first-order valence-electron chi connectivity index (χ1n) is 7.52. The number of aromatic nitrogens is 1. The average molecular weight is 296 g/mol. The molecule has 0 aromatic carbocycles. The van der Waals surface area contributed by atoms with Gasteiger partial charge in [0.05, 0.1) is 16.7 Å². The van der Waals surface area contributed by atoms with E-state index in [1.54, 1.807) is 0 Å². The van der Waals surface area contributed by atoms with E-state index in [4.69, 9.17) is 9.72 Å². The van der Waals surface area contributed by atoms with Gasteiger partial charge in [-0.1, -0.05) is 25.2 Å². The molecule has 112 valence electrons. The van der Waals surface area contributed by atoms with Crippen LogP contribution in [0.15, 0.2) is 0 Å². The SMILES string of the molecule is CCOC1CCCN(c2nc(C(C)CC)c(C=O)s2)C1. The number of rotatable bonds is 6. The summed E-state index contributed by atoms with van der Waals surface area (Å²) in [7, 11) is 0. The molecule has 2 heterocycles. The molecule has 0 aliphatic carbocycles. The van der Waals surface area contributed by atoms with Gasteiger partial charge in [-0.15, -0.1) is 0 Å². The molecule has 1 saturated heterocycles. The minimum Gasteiger partial charge on any atom is -0.377 e. The van der Waals surface area contributed by atoms with Crippen LogP contribution in [0.25, 0.3) is 0 Å². The quantitative estimate of drug-likeness (QED) is 0.754. The van der Waals surface area contributed by atoms with Crippen LogP contribution in [0.1, 0.15) is 61.3 Å². The van der Waals surface area contributed by atoms with Gasteiger partial charge in [0, 0.05) is 19.7 Å². The zero-order chi connectivity index (χ0) is 14.5. The lowest BCUT2D eigenvalue weighted by molar-refractivity contribution is 0.0526. The molecule has 0 radical (unpaired) electrons. The van der Waals surface area contributed by atoms with Crippen molar-refractivity contribution in [3.63, 3.8) is 0 Å². The normalized spacial score (nSPS) is 20.9. The van der Waals surface area contributed by atoms with Gasteiger partial charge in [0.2, 0.25) is 0 Å². The molecule has 2 unspecified atom stereocenters. The minimum atomic E-state index is 0.296. The number of piperidine rings is 1. The Bertz CT molecular complexity index is 445. The molecular weight excluding hydrogens is 272 g/mol. The number of thiazole rings is 1. The van der Waals surface area contributed by atoms with Crippen LogP contribution in [-0.4, -0.2) is 37.1 Å². The van der Waals surface area contributed by atoms with E-state index in [1.807, 2.05) is 6.92 Å². The summed E-state index contributed by atoms with van der Waals surface area (Å²) in [4.78, 5) is 19.0. The molecular formula is C15H24N2O2S. The van der Waals surface area contributed by atoms with E-state index in [-0.39, 0.29) is 0 Å². The summed E-state index contributed by atoms with van der Waals surface area (Å²) in [6.45, 7) is 8.95. The lowest BCUT2D eigenvalue weighted by Crippen LogP contribution is -2.39. The van der Waals surface area contributed by atoms with Gasteiger partial charge in [0.25, 0.3) is 0 Å². The predicted molar refractivity (Wildman–Crippen MR) is 83.1 cm³/mol. The van der Waals surface area contributed by atoms with Crippen molar-refractivity contribution in [2.45, 2.75) is 52.1 Å². The molecule has 5 heteroatoms. The number of nitrogens with zero attached hydrogens (tertiary/aromatic N) is 2. The maximum atomic E-state index is 11.2. The summed E-state index contributed by atoms with van der Waals surface area (Å²) in [5.74, 6) is 0.340. The van der Waals surface area contributed by atoms with Gasteiger partial charge in [-0.25, -0.2) is 4.98 Å². The maximum Gasteiger partial charge on any atom is 0.186 e. The summed E-state index contributed by atoms with van der Waals surface area (Å²) >= 11 is 1.52. The number of carbonyl (C=O) groups excluding carboxylic acids is 1. The second kappa shape index (κ2) is 7.18. The average Bonchev–Trinajstić information content (AvgIpc) is 2.91. The molecule has 1 aromatic heterocycles. The summed E-state index contributed by atoms with van der Waals surface area (Å²) in [6.07, 6.45) is 4.50. The zero-order valence-corrected chi connectivity index (χ0v) is 13.4. The monoisotopic (exact) mass is 296 g/mol. The van der Waals surface area contributed by atoms with E-state index in [0.29, 0.717) is 12.0 Å². The number of aldehydes is 1. The Labute approximate surface area is 125 Å². The third kappa shape index (κ3) is 3.38. The van der Waals surface area contributed by atoms with Crippen molar-refractivity contribution in [3.05, 3.63) is 10.6 Å². The Balaban J connectivity index is 2.15. The minimum absolute atomic E-state index is 0.296. The molecule has 2 atom stereocenters. The van der Waals surface area contributed by atoms with Crippen molar-refractivity contribution in [3.8, 4) is 0 Å². The van der Waals surface area contributed by atoms with Crippen LogP contribution in [0.5, 0.6) is 0 Å². The number of hydrogen-bond acceptors (Lipinski definition) is 5. The van der Waals surface area contributed by atoms with Crippen LogP contribution in [0.2, 0.25) is 0 Å². The molecule has 20 heavy (non-hydrogen) atoms. The Kier molecular flexibility index (Phi) is 5.54. The van der Waals surface area contributed by atoms with Crippen LogP contribution in [0.4, 0.5) is 5.13 Å². The Morgan fingerprint density at radius 2 is 2.35 bits per heavy atom. The van der Waals surface area contributed by atoms with E-state index >= 15 is 0 Å². The van der Waals surface area contributed by atoms with E-state index in [2.05, 4.69) is 18.7 Å². The van der Waals surface area contributed by atoms with E-state index < -0.39 is 0 Å². The predicted octanol–water partition coefficient (Wildman–Crippen LogP) is 3.47. The van der Waals surface area contributed by atoms with Crippen molar-refractivity contribution in [2.75, 3.05) is 24.6 Å². The smallest absolute Gasteiger partial charge is 0.186 e. The molecule has 0 amide bonds. The van der Waals surface area contributed by atoms with E-state index in [9.17, 15) is 4.79 Å². The van der Waals surface area contributed by atoms with Crippen LogP contribution < -0.4 is 4.90 Å². The van der Waals surface area contributed by atoms with Crippen molar-refractivity contribution in [1.29, 1.82) is 0 Å². The molecule has 0 N–H and O–H groups in total. The van der Waals surface area contributed by atoms with E-state index in [1.165, 1.54) is 11.3 Å². The maximum absolute atomic E-state index is 11.2. The van der Waals surface area contributed by atoms with Crippen molar-refractivity contribution < 1.29 is 9.53 Å². The molecule has 0 spiro atoms. The highest BCUT2D eigenvalue weighted by molar-refractivity contribution is 7.17. The second-order valence-electron chi connectivity index (χ2n) is 5.34. The Hall–Kier alpha value is -0.940. The van der Waals surface area contributed by atoms with Crippen LogP contribution in [0, 0.1) is 0 Å². The van der Waals surface area contributed by atoms with Gasteiger partial charge in [-0.2, -0.15) is 0 Å². The molecule has 2 rings (SSSR count). The van der Waals surface area contributed by atoms with Crippen molar-refractivity contribution in [2.24, 2.45) is 0 Å². The van der Waals surface area contributed by atoms with Gasteiger partial charge >= 0.3 is 0 Å². The molecule has 1 fully saturated rings. The lowest BCUT2D eigenvalue weighted by atomic mass is 10.0. The summed E-state index contributed by atoms with van der Waals surface area (Å²) in [5, 5.41) is 0.979. The van der Waals surface area contributed by atoms with Gasteiger partial charge < -0.3 is 9.64 Å². The standard InChI is InChI=1S/C15H24N2O2S/c1-4-11(3)14-13(10-18)20-15(16-14)17-8-6-7-12(9-17)19-5-2/h10-12H,4-9H2,1-3H3. The highest BCUT2D eigenvalue weighted by Gasteiger charge is 2.24. The Morgan fingerprint density at radius 3 is 3.00 bits per heavy atom. The zero-order valence-electron chi connectivity index (χ0n) is 12.6. The fourth-order valence-electron chi connectivity index (χ4n) is 2.58. The van der Waals surface area contributed by atoms with Gasteiger partial charge in [-0.05, 0) is 32.1 Å². The fraction of sp³-hybridized carbons (Fsp3) is 0.733. The highest BCUT2D eigenvalue weighted by atomic mass is 32.1. The molecule has 0 saturated carbocycles. The van der Waals surface area contributed by atoms with Gasteiger partial charge in [0.1, 0.15) is 0 Å². The topological polar surface area (TPSA) is 42.4 Å². The fourth-order valence-corrected chi connectivity index (χ4v) is 3.62. The summed E-state index contributed by atoms with van der Waals surface area (Å²) < 4.78 is 5.73. The van der Waals surface area contributed by atoms with Crippen LogP contribution in [-0.2, 0) is 4.74 Å². The third-order valence-corrected chi connectivity index (χ3v) is 4.96. The number of anilines is 1. The molecule has 1 aliphatic heterocycles. The molecule has 4 nitrogen and oxygen atoms in total. The summed E-state index contributed by atoms with van der Waals surface area (Å²) in [6, 6.07) is 0. The first kappa shape index (κ1) is 15.4. The van der Waals surface area contributed by atoms with Crippen LogP contribution in [0.3, 0.4) is 0 Å². The largest absolute Gasteiger partial charge is 0.377 e. The van der Waals surface area contributed by atoms with Crippen molar-refractivity contribution >= 4 is 22.8 Å². The highest BCUT2D eigenvalue weighted by Crippen LogP contribution is 2.32. The molecule has 0 bridgehead atoms. The number of hydrogen-bond donors (Lipinski definition) is 0. The van der Waals surface area contributed by atoms with E-state index in [0.717, 1.165) is 60.9 Å².